The molecule has 126 valence electrons. The average Bonchev–Trinajstić information content (AvgIpc) is 2.35. The highest BCUT2D eigenvalue weighted by atomic mass is 35.5. The molecular weight excluding hydrogens is 304 g/mol. The summed E-state index contributed by atoms with van der Waals surface area (Å²) in [6.07, 6.45) is 0. The minimum atomic E-state index is -0.660. The second kappa shape index (κ2) is 8.98. The minimum absolute atomic E-state index is 0. The fourth-order valence-corrected chi connectivity index (χ4v) is 1.80. The third-order valence-corrected chi connectivity index (χ3v) is 2.77. The molecule has 0 saturated heterocycles. The Labute approximate surface area is 139 Å². The summed E-state index contributed by atoms with van der Waals surface area (Å²) in [7, 11) is 1.52. The maximum atomic E-state index is 11.8. The van der Waals surface area contributed by atoms with Gasteiger partial charge in [-0.3, -0.25) is 4.79 Å². The second-order valence-corrected chi connectivity index (χ2v) is 6.11. The number of hydrogen-bond acceptors (Lipinski definition) is 4. The summed E-state index contributed by atoms with van der Waals surface area (Å²) in [6, 6.07) is 5.26. The highest BCUT2D eigenvalue weighted by molar-refractivity contribution is 5.85. The first-order chi connectivity index (χ1) is 9.73. The van der Waals surface area contributed by atoms with Crippen molar-refractivity contribution in [3.05, 3.63) is 29.3 Å². The molecule has 0 spiro atoms. The molecule has 1 unspecified atom stereocenters. The van der Waals surface area contributed by atoms with E-state index >= 15 is 0 Å². The zero-order chi connectivity index (χ0) is 16.0. The van der Waals surface area contributed by atoms with E-state index in [4.69, 9.17) is 15.2 Å². The quantitative estimate of drug-likeness (QED) is 0.838. The van der Waals surface area contributed by atoms with E-state index in [9.17, 15) is 4.79 Å². The minimum Gasteiger partial charge on any atom is -0.488 e. The summed E-state index contributed by atoms with van der Waals surface area (Å²) >= 11 is 0. The fourth-order valence-electron chi connectivity index (χ4n) is 1.80. The number of nitrogens with two attached hydrogens (primary N) is 1. The molecule has 6 heteroatoms. The third-order valence-electron chi connectivity index (χ3n) is 2.77. The van der Waals surface area contributed by atoms with E-state index in [1.54, 1.807) is 0 Å². The number of methoxy groups -OCH3 is 1. The van der Waals surface area contributed by atoms with Crippen LogP contribution in [-0.2, 0) is 16.1 Å². The second-order valence-electron chi connectivity index (χ2n) is 6.11. The number of halogens is 1. The van der Waals surface area contributed by atoms with Crippen LogP contribution >= 0.6 is 12.4 Å². The molecule has 0 bridgehead atoms. The van der Waals surface area contributed by atoms with Crippen molar-refractivity contribution in [3.8, 4) is 5.75 Å². The molecule has 0 aromatic heterocycles. The van der Waals surface area contributed by atoms with Crippen LogP contribution in [0.1, 0.15) is 31.9 Å². The van der Waals surface area contributed by atoms with Crippen molar-refractivity contribution < 1.29 is 14.3 Å². The zero-order valence-corrected chi connectivity index (χ0v) is 14.8. The predicted molar refractivity (Wildman–Crippen MR) is 90.5 cm³/mol. The maximum Gasteiger partial charge on any atom is 0.239 e. The van der Waals surface area contributed by atoms with Crippen LogP contribution in [0.3, 0.4) is 0 Å². The summed E-state index contributed by atoms with van der Waals surface area (Å²) < 4.78 is 10.8. The molecule has 0 aliphatic heterocycles. The summed E-state index contributed by atoms with van der Waals surface area (Å²) in [5.74, 6) is 0.544. The first kappa shape index (κ1) is 20.7. The van der Waals surface area contributed by atoms with Crippen molar-refractivity contribution in [2.75, 3.05) is 13.7 Å². The van der Waals surface area contributed by atoms with Gasteiger partial charge in [0.15, 0.2) is 0 Å². The van der Waals surface area contributed by atoms with Gasteiger partial charge in [0.05, 0.1) is 6.61 Å². The van der Waals surface area contributed by atoms with Gasteiger partial charge in [-0.05, 0) is 39.3 Å². The molecule has 0 saturated carbocycles. The van der Waals surface area contributed by atoms with Gasteiger partial charge in [0, 0.05) is 19.2 Å². The number of aryl methyl sites for hydroxylation is 1. The van der Waals surface area contributed by atoms with Gasteiger partial charge in [-0.2, -0.15) is 0 Å². The molecule has 0 aliphatic carbocycles. The molecule has 5 nitrogen and oxygen atoms in total. The Balaban J connectivity index is 0.00000441. The number of ether oxygens (including phenoxy) is 2. The number of hydrogen-bond donors (Lipinski definition) is 2. The van der Waals surface area contributed by atoms with Gasteiger partial charge in [-0.1, -0.05) is 12.1 Å². The van der Waals surface area contributed by atoms with Gasteiger partial charge in [0.2, 0.25) is 5.91 Å². The van der Waals surface area contributed by atoms with Crippen LogP contribution in [0.4, 0.5) is 0 Å². The number of carbonyl (C=O) groups is 1. The van der Waals surface area contributed by atoms with Crippen LogP contribution in [0, 0.1) is 6.92 Å². The first-order valence-electron chi connectivity index (χ1n) is 7.03. The average molecular weight is 331 g/mol. The van der Waals surface area contributed by atoms with E-state index in [-0.39, 0.29) is 30.5 Å². The molecule has 0 radical (unpaired) electrons. The molecular formula is C16H27ClN2O3. The number of carbonyl (C=O) groups excluding carboxylic acids is 1. The van der Waals surface area contributed by atoms with Gasteiger partial charge in [-0.25, -0.2) is 0 Å². The Hall–Kier alpha value is -1.30. The first-order valence-corrected chi connectivity index (χ1v) is 7.03. The van der Waals surface area contributed by atoms with Crippen LogP contribution in [-0.4, -0.2) is 31.3 Å². The van der Waals surface area contributed by atoms with Crippen molar-refractivity contribution in [3.63, 3.8) is 0 Å². The summed E-state index contributed by atoms with van der Waals surface area (Å²) in [5, 5.41) is 2.81. The Morgan fingerprint density at radius 2 is 2.00 bits per heavy atom. The van der Waals surface area contributed by atoms with Gasteiger partial charge in [-0.15, -0.1) is 12.4 Å². The standard InChI is InChI=1S/C16H26N2O3.ClH/c1-11-6-7-12(14(8-11)21-16(2,3)4)9-18-15(19)13(17)10-20-5;/h6-8,13H,9-10,17H2,1-5H3,(H,18,19);1H. The van der Waals surface area contributed by atoms with E-state index in [0.717, 1.165) is 16.9 Å². The van der Waals surface area contributed by atoms with Gasteiger partial charge < -0.3 is 20.5 Å². The smallest absolute Gasteiger partial charge is 0.239 e. The number of nitrogens with one attached hydrogen (secondary N) is 1. The zero-order valence-electron chi connectivity index (χ0n) is 13.9. The number of benzene rings is 1. The molecule has 1 atom stereocenters. The Kier molecular flexibility index (Phi) is 8.45. The molecule has 0 aliphatic rings. The van der Waals surface area contributed by atoms with Crippen molar-refractivity contribution in [2.45, 2.75) is 45.9 Å². The molecule has 22 heavy (non-hydrogen) atoms. The lowest BCUT2D eigenvalue weighted by molar-refractivity contribution is -0.123. The van der Waals surface area contributed by atoms with Crippen LogP contribution in [0.25, 0.3) is 0 Å². The largest absolute Gasteiger partial charge is 0.488 e. The maximum absolute atomic E-state index is 11.8. The van der Waals surface area contributed by atoms with Gasteiger partial charge in [0.25, 0.3) is 0 Å². The summed E-state index contributed by atoms with van der Waals surface area (Å²) in [5.41, 5.74) is 7.43. The molecule has 1 rings (SSSR count). The molecule has 1 aromatic carbocycles. The van der Waals surface area contributed by atoms with E-state index < -0.39 is 6.04 Å². The topological polar surface area (TPSA) is 73.6 Å². The fraction of sp³-hybridized carbons (Fsp3) is 0.562. The predicted octanol–water partition coefficient (Wildman–Crippen LogP) is 2.18. The van der Waals surface area contributed by atoms with Crippen molar-refractivity contribution in [1.29, 1.82) is 0 Å². The van der Waals surface area contributed by atoms with E-state index in [1.165, 1.54) is 7.11 Å². The van der Waals surface area contributed by atoms with Crippen LogP contribution in [0.15, 0.2) is 18.2 Å². The molecule has 0 heterocycles. The van der Waals surface area contributed by atoms with E-state index in [2.05, 4.69) is 5.32 Å². The molecule has 3 N–H and O–H groups in total. The lowest BCUT2D eigenvalue weighted by atomic mass is 10.1. The third kappa shape index (κ3) is 7.11. The highest BCUT2D eigenvalue weighted by Crippen LogP contribution is 2.24. The van der Waals surface area contributed by atoms with Crippen LogP contribution < -0.4 is 15.8 Å². The lowest BCUT2D eigenvalue weighted by Crippen LogP contribution is -2.43. The van der Waals surface area contributed by atoms with E-state index in [1.807, 2.05) is 45.9 Å². The lowest BCUT2D eigenvalue weighted by Gasteiger charge is -2.24. The Morgan fingerprint density at radius 1 is 1.36 bits per heavy atom. The van der Waals surface area contributed by atoms with Crippen molar-refractivity contribution in [2.24, 2.45) is 5.73 Å². The number of rotatable bonds is 6. The van der Waals surface area contributed by atoms with Crippen molar-refractivity contribution in [1.82, 2.24) is 5.32 Å². The van der Waals surface area contributed by atoms with Crippen molar-refractivity contribution >= 4 is 18.3 Å². The normalized spacial score (nSPS) is 12.3. The Bertz CT molecular complexity index is 487. The summed E-state index contributed by atoms with van der Waals surface area (Å²) in [6.45, 7) is 8.56. The van der Waals surface area contributed by atoms with Gasteiger partial charge in [0.1, 0.15) is 17.4 Å². The highest BCUT2D eigenvalue weighted by Gasteiger charge is 2.17. The van der Waals surface area contributed by atoms with Gasteiger partial charge >= 0.3 is 0 Å². The monoisotopic (exact) mass is 330 g/mol. The molecule has 0 fully saturated rings. The molecule has 1 amide bonds. The molecule has 1 aromatic rings. The Morgan fingerprint density at radius 3 is 2.55 bits per heavy atom. The van der Waals surface area contributed by atoms with E-state index in [0.29, 0.717) is 6.54 Å². The van der Waals surface area contributed by atoms with Crippen LogP contribution in [0.2, 0.25) is 0 Å². The summed E-state index contributed by atoms with van der Waals surface area (Å²) in [4.78, 5) is 11.8. The van der Waals surface area contributed by atoms with Crippen LogP contribution in [0.5, 0.6) is 5.75 Å². The number of amides is 1. The SMILES string of the molecule is COCC(N)C(=O)NCc1ccc(C)cc1OC(C)(C)C.Cl.